The quantitative estimate of drug-likeness (QED) is 0.666. The van der Waals surface area contributed by atoms with Crippen molar-refractivity contribution in [2.24, 2.45) is 0 Å². The molecule has 0 bridgehead atoms. The molecule has 0 saturated carbocycles. The van der Waals surface area contributed by atoms with E-state index in [9.17, 15) is 9.18 Å². The van der Waals surface area contributed by atoms with Crippen molar-refractivity contribution < 1.29 is 14.3 Å². The van der Waals surface area contributed by atoms with E-state index < -0.39 is 11.6 Å². The maximum Gasteiger partial charge on any atom is 0.341 e. The van der Waals surface area contributed by atoms with Gasteiger partial charge in [0.1, 0.15) is 0 Å². The number of hydrogen-bond acceptors (Lipinski definition) is 2. The maximum absolute atomic E-state index is 13.7. The molecule has 2 heterocycles. The van der Waals surface area contributed by atoms with Gasteiger partial charge in [-0.1, -0.05) is 0 Å². The molecule has 2 unspecified atom stereocenters. The van der Waals surface area contributed by atoms with Crippen LogP contribution < -0.4 is 0 Å². The van der Waals surface area contributed by atoms with Crippen LogP contribution in [0.3, 0.4) is 0 Å². The number of rotatable bonds is 1. The molecule has 0 amide bonds. The lowest BCUT2D eigenvalue weighted by Crippen LogP contribution is -2.49. The van der Waals surface area contributed by atoms with Crippen molar-refractivity contribution in [1.82, 2.24) is 4.90 Å². The van der Waals surface area contributed by atoms with Gasteiger partial charge in [0.25, 0.3) is 0 Å². The molecule has 2 saturated heterocycles. The van der Waals surface area contributed by atoms with Crippen LogP contribution in [0.1, 0.15) is 25.7 Å². The first-order valence-corrected chi connectivity index (χ1v) is 4.78. The van der Waals surface area contributed by atoms with Crippen LogP contribution in [-0.4, -0.2) is 40.8 Å². The lowest BCUT2D eigenvalue weighted by Gasteiger charge is -2.36. The number of fused-ring (bicyclic) bond motifs is 1. The Morgan fingerprint density at radius 1 is 1.54 bits per heavy atom. The smallest absolute Gasteiger partial charge is 0.341 e. The van der Waals surface area contributed by atoms with Gasteiger partial charge in [-0.3, -0.25) is 0 Å². The van der Waals surface area contributed by atoms with Gasteiger partial charge in [0.15, 0.2) is 0 Å². The number of carboxylic acid groups (broad SMARTS) is 1. The lowest BCUT2D eigenvalue weighted by atomic mass is 9.88. The highest BCUT2D eigenvalue weighted by atomic mass is 19.1. The topological polar surface area (TPSA) is 40.5 Å². The summed E-state index contributed by atoms with van der Waals surface area (Å²) in [5, 5.41) is 8.72. The van der Waals surface area contributed by atoms with Crippen molar-refractivity contribution in [3.63, 3.8) is 0 Å². The molecule has 2 aliphatic heterocycles. The molecule has 13 heavy (non-hydrogen) atoms. The Hall–Kier alpha value is -0.640. The number of carbonyl (C=O) groups is 1. The van der Waals surface area contributed by atoms with Crippen LogP contribution in [0.4, 0.5) is 4.39 Å². The fourth-order valence-electron chi connectivity index (χ4n) is 2.41. The molecule has 0 aromatic heterocycles. The number of piperidine rings is 1. The Bertz CT molecular complexity index is 234. The van der Waals surface area contributed by atoms with E-state index in [1.165, 1.54) is 0 Å². The second-order valence-corrected chi connectivity index (χ2v) is 4.06. The molecule has 0 aromatic carbocycles. The normalized spacial score (nSPS) is 40.2. The summed E-state index contributed by atoms with van der Waals surface area (Å²) >= 11 is 0. The largest absolute Gasteiger partial charge is 0.479 e. The van der Waals surface area contributed by atoms with Crippen LogP contribution in [0.15, 0.2) is 0 Å². The molecular weight excluding hydrogens is 173 g/mol. The molecule has 0 aromatic rings. The molecule has 2 aliphatic rings. The summed E-state index contributed by atoms with van der Waals surface area (Å²) in [4.78, 5) is 12.9. The molecule has 2 rings (SSSR count). The minimum Gasteiger partial charge on any atom is -0.479 e. The summed E-state index contributed by atoms with van der Waals surface area (Å²) in [6.07, 6.45) is 2.38. The number of nitrogens with zero attached hydrogens (tertiary/aromatic N) is 1. The fraction of sp³-hybridized carbons (Fsp3) is 0.889. The van der Waals surface area contributed by atoms with E-state index in [0.29, 0.717) is 6.54 Å². The lowest BCUT2D eigenvalue weighted by molar-refractivity contribution is -0.155. The van der Waals surface area contributed by atoms with E-state index in [1.807, 2.05) is 0 Å². The van der Waals surface area contributed by atoms with E-state index in [0.717, 1.165) is 19.4 Å². The minimum absolute atomic E-state index is 0.152. The van der Waals surface area contributed by atoms with Gasteiger partial charge in [-0.2, -0.15) is 0 Å². The molecule has 4 heteroatoms. The van der Waals surface area contributed by atoms with Gasteiger partial charge < -0.3 is 10.0 Å². The summed E-state index contributed by atoms with van der Waals surface area (Å²) < 4.78 is 13.7. The van der Waals surface area contributed by atoms with Gasteiger partial charge in [0, 0.05) is 25.4 Å². The van der Waals surface area contributed by atoms with E-state index >= 15 is 0 Å². The highest BCUT2D eigenvalue weighted by Gasteiger charge is 2.47. The van der Waals surface area contributed by atoms with Crippen LogP contribution >= 0.6 is 0 Å². The SMILES string of the molecule is O=C(O)C1(F)CCN2CCCC2C1. The molecule has 2 atom stereocenters. The van der Waals surface area contributed by atoms with Crippen LogP contribution in [0.25, 0.3) is 0 Å². The monoisotopic (exact) mass is 187 g/mol. The predicted molar refractivity (Wildman–Crippen MR) is 45.3 cm³/mol. The van der Waals surface area contributed by atoms with Crippen molar-refractivity contribution in [2.45, 2.75) is 37.4 Å². The van der Waals surface area contributed by atoms with Crippen molar-refractivity contribution in [2.75, 3.05) is 13.1 Å². The molecule has 0 aliphatic carbocycles. The van der Waals surface area contributed by atoms with E-state index in [2.05, 4.69) is 4.90 Å². The molecule has 0 spiro atoms. The molecule has 3 nitrogen and oxygen atoms in total. The van der Waals surface area contributed by atoms with Gasteiger partial charge in [0.2, 0.25) is 5.67 Å². The Balaban J connectivity index is 2.08. The summed E-state index contributed by atoms with van der Waals surface area (Å²) in [5.74, 6) is -1.28. The summed E-state index contributed by atoms with van der Waals surface area (Å²) in [7, 11) is 0. The van der Waals surface area contributed by atoms with Gasteiger partial charge in [-0.15, -0.1) is 0 Å². The fourth-order valence-corrected chi connectivity index (χ4v) is 2.41. The molecular formula is C9H14FNO2. The van der Waals surface area contributed by atoms with Crippen LogP contribution in [0.2, 0.25) is 0 Å². The third kappa shape index (κ3) is 1.43. The van der Waals surface area contributed by atoms with Crippen molar-refractivity contribution >= 4 is 5.97 Å². The zero-order valence-electron chi connectivity index (χ0n) is 7.50. The second-order valence-electron chi connectivity index (χ2n) is 4.06. The third-order valence-electron chi connectivity index (χ3n) is 3.24. The van der Waals surface area contributed by atoms with Gasteiger partial charge in [-0.05, 0) is 19.4 Å². The Labute approximate surface area is 76.5 Å². The first kappa shape index (κ1) is 8.94. The Kier molecular flexibility index (Phi) is 2.02. The average molecular weight is 187 g/mol. The Morgan fingerprint density at radius 2 is 2.31 bits per heavy atom. The summed E-state index contributed by atoms with van der Waals surface area (Å²) in [6, 6.07) is 0.176. The van der Waals surface area contributed by atoms with Crippen molar-refractivity contribution in [3.05, 3.63) is 0 Å². The minimum atomic E-state index is -1.95. The number of halogens is 1. The average Bonchev–Trinajstić information content (AvgIpc) is 2.50. The van der Waals surface area contributed by atoms with E-state index in [4.69, 9.17) is 5.11 Å². The van der Waals surface area contributed by atoms with Crippen LogP contribution in [0.5, 0.6) is 0 Å². The standard InChI is InChI=1S/C9H14FNO2/c10-9(8(12)13)3-5-11-4-1-2-7(11)6-9/h7H,1-6H2,(H,12,13). The van der Waals surface area contributed by atoms with Gasteiger partial charge in [-0.25, -0.2) is 9.18 Å². The zero-order chi connectivity index (χ0) is 9.47. The van der Waals surface area contributed by atoms with Gasteiger partial charge >= 0.3 is 5.97 Å². The summed E-state index contributed by atoms with van der Waals surface area (Å²) in [5.41, 5.74) is -1.95. The highest BCUT2D eigenvalue weighted by molar-refractivity contribution is 5.77. The Morgan fingerprint density at radius 3 is 3.00 bits per heavy atom. The van der Waals surface area contributed by atoms with Crippen molar-refractivity contribution in [3.8, 4) is 0 Å². The third-order valence-corrected chi connectivity index (χ3v) is 3.24. The molecule has 1 N–H and O–H groups in total. The van der Waals surface area contributed by atoms with Gasteiger partial charge in [0.05, 0.1) is 0 Å². The van der Waals surface area contributed by atoms with E-state index in [1.54, 1.807) is 0 Å². The number of aliphatic carboxylic acids is 1. The highest BCUT2D eigenvalue weighted by Crippen LogP contribution is 2.35. The maximum atomic E-state index is 13.7. The number of alkyl halides is 1. The number of hydrogen-bond donors (Lipinski definition) is 1. The summed E-state index contributed by atoms with van der Waals surface area (Å²) in [6.45, 7) is 1.62. The van der Waals surface area contributed by atoms with Crippen molar-refractivity contribution in [1.29, 1.82) is 0 Å². The molecule has 0 radical (unpaired) electrons. The number of carboxylic acids is 1. The first-order valence-electron chi connectivity index (χ1n) is 4.78. The molecule has 2 fully saturated rings. The first-order chi connectivity index (χ1) is 6.12. The van der Waals surface area contributed by atoms with Crippen LogP contribution in [-0.2, 0) is 4.79 Å². The second kappa shape index (κ2) is 2.94. The zero-order valence-corrected chi connectivity index (χ0v) is 7.50. The molecule has 74 valence electrons. The predicted octanol–water partition coefficient (Wildman–Crippen LogP) is 1.04. The van der Waals surface area contributed by atoms with Crippen LogP contribution in [0, 0.1) is 0 Å². The van der Waals surface area contributed by atoms with E-state index in [-0.39, 0.29) is 18.9 Å².